The van der Waals surface area contributed by atoms with Gasteiger partial charge in [-0.1, -0.05) is 0 Å². The summed E-state index contributed by atoms with van der Waals surface area (Å²) in [6.45, 7) is 0. The zero-order chi connectivity index (χ0) is 5.86. The Balaban J connectivity index is 0. The second kappa shape index (κ2) is 5.90. The van der Waals surface area contributed by atoms with Gasteiger partial charge in [0.25, 0.3) is 0 Å². The smallest absolute Gasteiger partial charge is 0.563 e. The van der Waals surface area contributed by atoms with Gasteiger partial charge in [0.2, 0.25) is 0 Å². The van der Waals surface area contributed by atoms with Gasteiger partial charge in [-0.15, -0.1) is 0 Å². The summed E-state index contributed by atoms with van der Waals surface area (Å²) in [6, 6.07) is 0. The van der Waals surface area contributed by atoms with Crippen LogP contribution in [0.15, 0.2) is 0 Å². The van der Waals surface area contributed by atoms with Gasteiger partial charge in [-0.3, -0.25) is 0 Å². The van der Waals surface area contributed by atoms with Gasteiger partial charge in [-0.25, -0.2) is 0 Å². The first-order chi connectivity index (χ1) is 3.13. The molecule has 0 aliphatic carbocycles. The van der Waals surface area contributed by atoms with Gasteiger partial charge in [0.05, 0.1) is 0 Å². The molecule has 8 heteroatoms. The van der Waals surface area contributed by atoms with E-state index in [4.69, 9.17) is 0 Å². The molecule has 0 saturated carbocycles. The first-order valence-corrected chi connectivity index (χ1v) is 3.29. The quantitative estimate of drug-likeness (QED) is 0.606. The van der Waals surface area contributed by atoms with Gasteiger partial charge in [0, 0.05) is 0 Å². The van der Waals surface area contributed by atoms with E-state index in [0.29, 0.717) is 0 Å². The van der Waals surface area contributed by atoms with Gasteiger partial charge in [0.1, 0.15) is 4.31 Å². The molecule has 0 aliphatic heterocycles. The van der Waals surface area contributed by atoms with Crippen LogP contribution in [0.1, 0.15) is 0 Å². The molecule has 0 amide bonds. The molecule has 8 heavy (non-hydrogen) atoms. The van der Waals surface area contributed by atoms with Gasteiger partial charge < -0.3 is 9.79 Å². The molecule has 0 bridgehead atoms. The predicted octanol–water partition coefficient (Wildman–Crippen LogP) is -0.964. The van der Waals surface area contributed by atoms with Crippen LogP contribution in [0, 0.1) is 0 Å². The van der Waals surface area contributed by atoms with E-state index in [9.17, 15) is 18.9 Å². The van der Waals surface area contributed by atoms with Crippen LogP contribution >= 0.6 is 16.5 Å². The molecule has 0 saturated heterocycles. The molecule has 0 heterocycles. The molecule has 2 atom stereocenters. The van der Waals surface area contributed by atoms with E-state index in [1.165, 1.54) is 0 Å². The molecule has 2 unspecified atom stereocenters. The van der Waals surface area contributed by atoms with Crippen molar-refractivity contribution in [2.75, 3.05) is 0 Å². The van der Waals surface area contributed by atoms with Crippen molar-refractivity contribution < 1.29 is 44.3 Å². The maximum atomic E-state index is 9.24. The zero-order valence-corrected chi connectivity index (χ0v) is 7.31. The summed E-state index contributed by atoms with van der Waals surface area (Å²) in [5.74, 6) is 0. The Labute approximate surface area is 61.2 Å². The molecule has 0 radical (unpaired) electrons. The van der Waals surface area contributed by atoms with Gasteiger partial charge in [-0.2, -0.15) is 0 Å². The molecule has 5 nitrogen and oxygen atoms in total. The Morgan fingerprint density at radius 1 is 1.12 bits per heavy atom. The monoisotopic (exact) mass is 337 g/mol. The minimum atomic E-state index is -3.24. The minimum absolute atomic E-state index is 0. The van der Waals surface area contributed by atoms with Crippen molar-refractivity contribution in [2.45, 2.75) is 0 Å². The van der Waals surface area contributed by atoms with E-state index < -0.39 is 16.5 Å². The molecule has 0 fully saturated rings. The van der Waals surface area contributed by atoms with Crippen LogP contribution in [0.3, 0.4) is 0 Å². The van der Waals surface area contributed by atoms with Crippen LogP contribution in [0.2, 0.25) is 0 Å². The maximum absolute atomic E-state index is 9.24. The Bertz CT molecular complexity index is 86.6. The van der Waals surface area contributed by atoms with E-state index >= 15 is 0 Å². The summed E-state index contributed by atoms with van der Waals surface area (Å²) in [5, 5.41) is 0. The fourth-order valence-corrected chi connectivity index (χ4v) is 0.490. The molecule has 0 aromatic carbocycles. The van der Waals surface area contributed by atoms with Crippen molar-refractivity contribution in [3.63, 3.8) is 0 Å². The van der Waals surface area contributed by atoms with Crippen molar-refractivity contribution in [3.05, 3.63) is 0 Å². The maximum Gasteiger partial charge on any atom is 2.00 e. The summed E-state index contributed by atoms with van der Waals surface area (Å²) in [4.78, 5) is 18.5. The van der Waals surface area contributed by atoms with Crippen LogP contribution in [0.25, 0.3) is 0 Å². The third-order valence-corrected chi connectivity index (χ3v) is 1.20. The molecule has 0 N–H and O–H groups in total. The van der Waals surface area contributed by atoms with Crippen molar-refractivity contribution >= 4 is 16.5 Å². The molecule has 0 aliphatic rings. The Hall–Kier alpha value is 0.768. The third kappa shape index (κ3) is 9.90. The average Bonchev–Trinajstić information content (AvgIpc) is 1.27. The Kier molecular flexibility index (Phi) is 8.51. The van der Waals surface area contributed by atoms with E-state index in [1.807, 2.05) is 0 Å². The molecule has 48 valence electrons. The Morgan fingerprint density at radius 2 is 1.38 bits per heavy atom. The summed E-state index contributed by atoms with van der Waals surface area (Å²) in [7, 11) is -6.47. The van der Waals surface area contributed by atoms with Crippen molar-refractivity contribution in [3.8, 4) is 0 Å². The van der Waals surface area contributed by atoms with Crippen LogP contribution in [-0.4, -0.2) is 0 Å². The summed E-state index contributed by atoms with van der Waals surface area (Å²) < 4.78 is 21.6. The van der Waals surface area contributed by atoms with Crippen LogP contribution < -0.4 is 9.79 Å². The van der Waals surface area contributed by atoms with E-state index in [0.717, 1.165) is 0 Å². The molecular formula is O5P2Pt+2. The normalized spacial score (nSPS) is 11.8. The van der Waals surface area contributed by atoms with Crippen molar-refractivity contribution in [1.29, 1.82) is 0 Å². The van der Waals surface area contributed by atoms with Crippen molar-refractivity contribution in [1.82, 2.24) is 0 Å². The first kappa shape index (κ1) is 11.6. The standard InChI is InChI=1S/O5P2.Pt/c1-6(2)5-7(3)4;/q;+2. The molecule has 0 aromatic heterocycles. The van der Waals surface area contributed by atoms with Gasteiger partial charge in [-0.05, 0) is 9.13 Å². The van der Waals surface area contributed by atoms with E-state index in [-0.39, 0.29) is 21.1 Å². The van der Waals surface area contributed by atoms with Gasteiger partial charge in [0.15, 0.2) is 0 Å². The Morgan fingerprint density at radius 3 is 1.38 bits per heavy atom. The van der Waals surface area contributed by atoms with Crippen molar-refractivity contribution in [2.24, 2.45) is 0 Å². The summed E-state index contributed by atoms with van der Waals surface area (Å²) in [5.41, 5.74) is 0. The molecule has 0 spiro atoms. The zero-order valence-electron chi connectivity index (χ0n) is 3.25. The molecule has 0 aromatic rings. The second-order valence-corrected chi connectivity index (χ2v) is 2.08. The minimum Gasteiger partial charge on any atom is -0.563 e. The topological polar surface area (TPSA) is 89.5 Å². The number of hydrogen-bond donors (Lipinski definition) is 0. The summed E-state index contributed by atoms with van der Waals surface area (Å²) in [6.07, 6.45) is 0. The van der Waals surface area contributed by atoms with Gasteiger partial charge >= 0.3 is 37.6 Å². The number of hydrogen-bond acceptors (Lipinski definition) is 5. The SMILES string of the molecule is O=[P+]([O-])O[P+](=O)[O-].[Pt+2]. The molecular weight excluding hydrogens is 337 g/mol. The number of rotatable bonds is 2. The fourth-order valence-electron chi connectivity index (χ4n) is 0.0544. The average molecular weight is 337 g/mol. The van der Waals surface area contributed by atoms with Crippen LogP contribution in [0.5, 0.6) is 0 Å². The summed E-state index contributed by atoms with van der Waals surface area (Å²) >= 11 is 0. The first-order valence-electron chi connectivity index (χ1n) is 1.10. The van der Waals surface area contributed by atoms with Crippen LogP contribution in [-0.2, 0) is 34.5 Å². The van der Waals surface area contributed by atoms with Crippen LogP contribution in [0.4, 0.5) is 0 Å². The largest absolute Gasteiger partial charge is 2.00 e. The second-order valence-electron chi connectivity index (χ2n) is 0.529. The molecule has 0 rings (SSSR count). The van der Waals surface area contributed by atoms with E-state index in [1.54, 1.807) is 0 Å². The predicted molar refractivity (Wildman–Crippen MR) is 16.3 cm³/mol. The van der Waals surface area contributed by atoms with E-state index in [2.05, 4.69) is 4.31 Å². The third-order valence-electron chi connectivity index (χ3n) is 0.133. The fraction of sp³-hybridized carbons (Fsp3) is 0.